The molecule has 0 bridgehead atoms. The summed E-state index contributed by atoms with van der Waals surface area (Å²) in [6.07, 6.45) is 1.06. The van der Waals surface area contributed by atoms with Crippen molar-refractivity contribution >= 4 is 47.0 Å². The lowest BCUT2D eigenvalue weighted by Crippen LogP contribution is -2.48. The van der Waals surface area contributed by atoms with Crippen LogP contribution in [0.4, 0.5) is 21.0 Å². The van der Waals surface area contributed by atoms with Crippen LogP contribution in [0, 0.1) is 12.3 Å². The summed E-state index contributed by atoms with van der Waals surface area (Å²) in [6, 6.07) is 12.5. The Bertz CT molecular complexity index is 1430. The first-order valence-electron chi connectivity index (χ1n) is 13.9. The molecule has 0 saturated carbocycles. The summed E-state index contributed by atoms with van der Waals surface area (Å²) in [4.78, 5) is 43.7. The molecule has 0 fully saturated rings. The van der Waals surface area contributed by atoms with E-state index < -0.39 is 23.4 Å². The van der Waals surface area contributed by atoms with E-state index in [1.54, 1.807) is 76.8 Å². The summed E-state index contributed by atoms with van der Waals surface area (Å²) in [6.45, 7) is 13.2. The zero-order chi connectivity index (χ0) is 31.9. The molecule has 6 N–H and O–H groups in total. The van der Waals surface area contributed by atoms with E-state index in [0.717, 1.165) is 16.7 Å². The van der Waals surface area contributed by atoms with Crippen LogP contribution < -0.4 is 21.7 Å². The quantitative estimate of drug-likeness (QED) is 0.230. The SMILES string of the molecule is Cc1cc(C2=CCN(C(=NC(=O)OC(C)(C)C)NC(=O)OC(C)(C)C)CC2)ccc1C(=O)Nc1ccc(NC(=N)N)cc1. The molecular formula is C31H41N7O5. The number of guanidine groups is 2. The summed E-state index contributed by atoms with van der Waals surface area (Å²) < 4.78 is 10.7. The normalized spacial score (nSPS) is 13.9. The molecule has 0 radical (unpaired) electrons. The van der Waals surface area contributed by atoms with Gasteiger partial charge in [-0.1, -0.05) is 18.2 Å². The fourth-order valence-electron chi connectivity index (χ4n) is 4.18. The summed E-state index contributed by atoms with van der Waals surface area (Å²) in [5.41, 5.74) is 8.53. The number of carbonyl (C=O) groups is 3. The monoisotopic (exact) mass is 591 g/mol. The van der Waals surface area contributed by atoms with Gasteiger partial charge in [0.05, 0.1) is 0 Å². The van der Waals surface area contributed by atoms with Crippen molar-refractivity contribution < 1.29 is 23.9 Å². The Morgan fingerprint density at radius 2 is 1.53 bits per heavy atom. The van der Waals surface area contributed by atoms with Crippen molar-refractivity contribution in [2.24, 2.45) is 10.7 Å². The molecule has 2 aromatic carbocycles. The lowest BCUT2D eigenvalue weighted by Gasteiger charge is -2.30. The fourth-order valence-corrected chi connectivity index (χ4v) is 4.18. The average Bonchev–Trinajstić information content (AvgIpc) is 2.87. The van der Waals surface area contributed by atoms with Gasteiger partial charge in [0.25, 0.3) is 5.91 Å². The third-order valence-corrected chi connectivity index (χ3v) is 5.98. The predicted molar refractivity (Wildman–Crippen MR) is 168 cm³/mol. The Hall–Kier alpha value is -4.87. The number of hydrogen-bond donors (Lipinski definition) is 5. The lowest BCUT2D eigenvalue weighted by atomic mass is 9.95. The number of anilines is 2. The molecule has 230 valence electrons. The lowest BCUT2D eigenvalue weighted by molar-refractivity contribution is 0.0554. The highest BCUT2D eigenvalue weighted by Gasteiger charge is 2.25. The minimum absolute atomic E-state index is 0.0482. The van der Waals surface area contributed by atoms with Gasteiger partial charge >= 0.3 is 12.2 Å². The molecule has 0 aromatic heterocycles. The highest BCUT2D eigenvalue weighted by Crippen LogP contribution is 2.25. The van der Waals surface area contributed by atoms with Crippen molar-refractivity contribution in [3.8, 4) is 0 Å². The van der Waals surface area contributed by atoms with E-state index >= 15 is 0 Å². The van der Waals surface area contributed by atoms with E-state index in [9.17, 15) is 14.4 Å². The third kappa shape index (κ3) is 10.5. The van der Waals surface area contributed by atoms with Gasteiger partial charge in [0.15, 0.2) is 5.96 Å². The number of hydrogen-bond acceptors (Lipinski definition) is 6. The second kappa shape index (κ2) is 13.4. The van der Waals surface area contributed by atoms with Crippen LogP contribution in [-0.4, -0.2) is 59.2 Å². The molecule has 12 nitrogen and oxygen atoms in total. The largest absolute Gasteiger partial charge is 0.444 e. The molecule has 3 amide bonds. The molecule has 12 heteroatoms. The molecular weight excluding hydrogens is 550 g/mol. The number of alkyl carbamates (subject to hydrolysis) is 1. The van der Waals surface area contributed by atoms with E-state index in [2.05, 4.69) is 20.9 Å². The zero-order valence-corrected chi connectivity index (χ0v) is 25.8. The maximum absolute atomic E-state index is 13.0. The van der Waals surface area contributed by atoms with Crippen molar-refractivity contribution in [2.45, 2.75) is 66.1 Å². The van der Waals surface area contributed by atoms with Crippen LogP contribution in [0.25, 0.3) is 5.57 Å². The highest BCUT2D eigenvalue weighted by atomic mass is 16.6. The number of aryl methyl sites for hydroxylation is 1. The second-order valence-electron chi connectivity index (χ2n) is 12.1. The van der Waals surface area contributed by atoms with Gasteiger partial charge in [0, 0.05) is 30.0 Å². The van der Waals surface area contributed by atoms with E-state index in [0.29, 0.717) is 36.4 Å². The van der Waals surface area contributed by atoms with Crippen molar-refractivity contribution in [1.82, 2.24) is 10.2 Å². The topological polar surface area (TPSA) is 171 Å². The Morgan fingerprint density at radius 3 is 2.05 bits per heavy atom. The van der Waals surface area contributed by atoms with Crippen LogP contribution in [0.1, 0.15) is 69.4 Å². The number of nitrogens with one attached hydrogen (secondary N) is 4. The summed E-state index contributed by atoms with van der Waals surface area (Å²) in [5, 5.41) is 15.5. The van der Waals surface area contributed by atoms with Gasteiger partial charge in [-0.05, 0) is 102 Å². The van der Waals surface area contributed by atoms with Crippen molar-refractivity contribution in [2.75, 3.05) is 23.7 Å². The number of aliphatic imine (C=N–C) groups is 1. The van der Waals surface area contributed by atoms with Crippen LogP contribution in [0.2, 0.25) is 0 Å². The second-order valence-corrected chi connectivity index (χ2v) is 12.1. The Balaban J connectivity index is 1.72. The molecule has 43 heavy (non-hydrogen) atoms. The molecule has 1 heterocycles. The van der Waals surface area contributed by atoms with E-state index in [4.69, 9.17) is 20.6 Å². The number of nitrogens with two attached hydrogens (primary N) is 1. The third-order valence-electron chi connectivity index (χ3n) is 5.98. The Morgan fingerprint density at radius 1 is 0.930 bits per heavy atom. The van der Waals surface area contributed by atoms with E-state index in [1.165, 1.54) is 0 Å². The van der Waals surface area contributed by atoms with Gasteiger partial charge in [-0.25, -0.2) is 9.59 Å². The highest BCUT2D eigenvalue weighted by molar-refractivity contribution is 6.05. The molecule has 0 spiro atoms. The van der Waals surface area contributed by atoms with Crippen molar-refractivity contribution in [3.63, 3.8) is 0 Å². The number of ether oxygens (including phenoxy) is 2. The molecule has 0 unspecified atom stereocenters. The summed E-state index contributed by atoms with van der Waals surface area (Å²) in [5.74, 6) is -0.358. The average molecular weight is 592 g/mol. The van der Waals surface area contributed by atoms with E-state index in [-0.39, 0.29) is 17.8 Å². The molecule has 0 atom stereocenters. The minimum atomic E-state index is -0.818. The Labute approximate surface area is 252 Å². The first kappa shape index (κ1) is 32.6. The smallest absolute Gasteiger partial charge is 0.437 e. The maximum Gasteiger partial charge on any atom is 0.437 e. The number of rotatable bonds is 4. The molecule has 1 aliphatic heterocycles. The fraction of sp³-hybridized carbons (Fsp3) is 0.387. The predicted octanol–water partition coefficient (Wildman–Crippen LogP) is 5.46. The van der Waals surface area contributed by atoms with Gasteiger partial charge in [0.2, 0.25) is 5.96 Å². The first-order valence-corrected chi connectivity index (χ1v) is 13.9. The molecule has 1 aliphatic rings. The summed E-state index contributed by atoms with van der Waals surface area (Å²) >= 11 is 0. The van der Waals surface area contributed by atoms with Crippen LogP contribution in [0.3, 0.4) is 0 Å². The van der Waals surface area contributed by atoms with Crippen molar-refractivity contribution in [3.05, 3.63) is 65.2 Å². The van der Waals surface area contributed by atoms with Crippen LogP contribution >= 0.6 is 0 Å². The van der Waals surface area contributed by atoms with Crippen LogP contribution in [0.5, 0.6) is 0 Å². The van der Waals surface area contributed by atoms with Gasteiger partial charge in [-0.3, -0.25) is 15.5 Å². The molecule has 3 rings (SSSR count). The van der Waals surface area contributed by atoms with Crippen LogP contribution in [-0.2, 0) is 9.47 Å². The number of nitrogens with zero attached hydrogens (tertiary/aromatic N) is 2. The summed E-state index contributed by atoms with van der Waals surface area (Å²) in [7, 11) is 0. The van der Waals surface area contributed by atoms with Gasteiger partial charge < -0.3 is 30.7 Å². The molecule has 2 aromatic rings. The van der Waals surface area contributed by atoms with Gasteiger partial charge in [0.1, 0.15) is 11.2 Å². The number of amides is 3. The molecule has 0 saturated heterocycles. The van der Waals surface area contributed by atoms with Gasteiger partial charge in [-0.2, -0.15) is 0 Å². The first-order chi connectivity index (χ1) is 20.0. The standard InChI is InChI=1S/C31H41N7O5/c1-19-18-21(8-13-24(19)25(39)34-22-9-11-23(12-10-22)35-26(32)33)20-14-16-38(17-15-20)27(36-28(40)42-30(2,3)4)37-29(41)43-31(5,6)7/h8-14,18H,15-17H2,1-7H3,(H,34,39)(H4,32,33,35)(H,36,37,40,41). The minimum Gasteiger partial charge on any atom is -0.444 e. The zero-order valence-electron chi connectivity index (χ0n) is 25.8. The van der Waals surface area contributed by atoms with Crippen LogP contribution in [0.15, 0.2) is 53.5 Å². The molecule has 0 aliphatic carbocycles. The van der Waals surface area contributed by atoms with Gasteiger partial charge in [-0.15, -0.1) is 4.99 Å². The number of benzene rings is 2. The Kier molecular flexibility index (Phi) is 10.2. The number of carbonyl (C=O) groups excluding carboxylic acids is 3. The van der Waals surface area contributed by atoms with E-state index in [1.807, 2.05) is 25.1 Å². The van der Waals surface area contributed by atoms with Crippen molar-refractivity contribution in [1.29, 1.82) is 5.41 Å². The maximum atomic E-state index is 13.0.